The van der Waals surface area contributed by atoms with Crippen molar-refractivity contribution in [3.05, 3.63) is 46.4 Å². The Labute approximate surface area is 158 Å². The van der Waals surface area contributed by atoms with Gasteiger partial charge in [-0.25, -0.2) is 4.98 Å². The van der Waals surface area contributed by atoms with Gasteiger partial charge in [-0.2, -0.15) is 0 Å². The molecule has 5 nitrogen and oxygen atoms in total. The lowest BCUT2D eigenvalue weighted by Crippen LogP contribution is -2.41. The van der Waals surface area contributed by atoms with Gasteiger partial charge >= 0.3 is 0 Å². The molecule has 1 saturated carbocycles. The molecule has 1 aromatic heterocycles. The summed E-state index contributed by atoms with van der Waals surface area (Å²) >= 11 is 1.50. The van der Waals surface area contributed by atoms with E-state index in [0.717, 1.165) is 42.1 Å². The molecule has 1 aliphatic carbocycles. The number of aliphatic hydroxyl groups is 1. The average molecular weight is 375 g/mol. The zero-order chi connectivity index (χ0) is 18.2. The number of hydrogen-bond donors (Lipinski definition) is 2. The predicted molar refractivity (Wildman–Crippen MR) is 102 cm³/mol. The molecule has 1 aromatic carbocycles. The van der Waals surface area contributed by atoms with Crippen molar-refractivity contribution in [2.45, 2.75) is 45.1 Å². The van der Waals surface area contributed by atoms with Crippen LogP contribution in [0.5, 0.6) is 5.75 Å². The number of nitrogens with zero attached hydrogens (tertiary/aromatic N) is 1. The maximum atomic E-state index is 12.2. The van der Waals surface area contributed by atoms with Crippen LogP contribution in [-0.4, -0.2) is 29.1 Å². The number of thiazole rings is 1. The van der Waals surface area contributed by atoms with Crippen LogP contribution in [0, 0.1) is 5.41 Å². The van der Waals surface area contributed by atoms with Gasteiger partial charge in [-0.15, -0.1) is 11.3 Å². The van der Waals surface area contributed by atoms with Gasteiger partial charge in [-0.3, -0.25) is 4.79 Å². The van der Waals surface area contributed by atoms with Gasteiger partial charge in [0, 0.05) is 17.3 Å². The third-order valence-electron chi connectivity index (χ3n) is 4.96. The SMILES string of the molecule is O=C(Cc1csc(COc2ccccc2)n1)NCC1(CO)CCCCC1. The van der Waals surface area contributed by atoms with E-state index >= 15 is 0 Å². The number of aromatic nitrogens is 1. The zero-order valence-electron chi connectivity index (χ0n) is 14.9. The summed E-state index contributed by atoms with van der Waals surface area (Å²) in [5.74, 6) is 0.771. The van der Waals surface area contributed by atoms with Crippen LogP contribution in [0.1, 0.15) is 42.8 Å². The molecule has 0 saturated heterocycles. The van der Waals surface area contributed by atoms with Crippen LogP contribution in [-0.2, 0) is 17.8 Å². The topological polar surface area (TPSA) is 71.5 Å². The van der Waals surface area contributed by atoms with Crippen molar-refractivity contribution < 1.29 is 14.6 Å². The number of nitrogens with one attached hydrogen (secondary N) is 1. The minimum atomic E-state index is -0.134. The molecule has 0 spiro atoms. The van der Waals surface area contributed by atoms with Crippen LogP contribution in [0.15, 0.2) is 35.7 Å². The highest BCUT2D eigenvalue weighted by atomic mass is 32.1. The molecule has 26 heavy (non-hydrogen) atoms. The van der Waals surface area contributed by atoms with Crippen molar-refractivity contribution in [1.29, 1.82) is 0 Å². The van der Waals surface area contributed by atoms with E-state index in [1.54, 1.807) is 0 Å². The first-order valence-electron chi connectivity index (χ1n) is 9.18. The molecular formula is C20H26N2O3S. The van der Waals surface area contributed by atoms with Crippen molar-refractivity contribution >= 4 is 17.2 Å². The van der Waals surface area contributed by atoms with Gasteiger partial charge < -0.3 is 15.2 Å². The summed E-state index contributed by atoms with van der Waals surface area (Å²) in [7, 11) is 0. The smallest absolute Gasteiger partial charge is 0.226 e. The predicted octanol–water partition coefficient (Wildman–Crippen LogP) is 3.32. The number of benzene rings is 1. The van der Waals surface area contributed by atoms with Gasteiger partial charge in [0.05, 0.1) is 18.7 Å². The summed E-state index contributed by atoms with van der Waals surface area (Å²) in [5.41, 5.74) is 0.630. The summed E-state index contributed by atoms with van der Waals surface area (Å²) in [4.78, 5) is 16.7. The molecule has 0 radical (unpaired) electrons. The van der Waals surface area contributed by atoms with Gasteiger partial charge in [0.15, 0.2) is 0 Å². The van der Waals surface area contributed by atoms with Crippen molar-refractivity contribution in [3.63, 3.8) is 0 Å². The van der Waals surface area contributed by atoms with E-state index in [1.807, 2.05) is 35.7 Å². The lowest BCUT2D eigenvalue weighted by Gasteiger charge is -2.35. The molecule has 6 heteroatoms. The summed E-state index contributed by atoms with van der Waals surface area (Å²) in [6, 6.07) is 9.62. The number of carbonyl (C=O) groups is 1. The van der Waals surface area contributed by atoms with Gasteiger partial charge in [0.2, 0.25) is 5.91 Å². The van der Waals surface area contributed by atoms with Crippen molar-refractivity contribution in [1.82, 2.24) is 10.3 Å². The second kappa shape index (κ2) is 9.14. The van der Waals surface area contributed by atoms with Gasteiger partial charge in [0.1, 0.15) is 17.4 Å². The first-order valence-corrected chi connectivity index (χ1v) is 10.1. The molecule has 0 atom stereocenters. The molecule has 0 bridgehead atoms. The number of aliphatic hydroxyl groups excluding tert-OH is 1. The second-order valence-corrected chi connectivity index (χ2v) is 7.95. The third-order valence-corrected chi connectivity index (χ3v) is 5.83. The summed E-state index contributed by atoms with van der Waals surface area (Å²) < 4.78 is 5.68. The number of amides is 1. The molecule has 140 valence electrons. The van der Waals surface area contributed by atoms with Gasteiger partial charge in [-0.05, 0) is 25.0 Å². The molecule has 3 rings (SSSR count). The Morgan fingerprint density at radius 2 is 2.00 bits per heavy atom. The fourth-order valence-electron chi connectivity index (χ4n) is 3.36. The summed E-state index contributed by atoms with van der Waals surface area (Å²) in [6.45, 7) is 1.10. The van der Waals surface area contributed by atoms with Crippen molar-refractivity contribution in [3.8, 4) is 5.75 Å². The molecule has 0 unspecified atom stereocenters. The highest BCUT2D eigenvalue weighted by Gasteiger charge is 2.31. The minimum absolute atomic E-state index is 0.0378. The van der Waals surface area contributed by atoms with Crippen molar-refractivity contribution in [2.75, 3.05) is 13.2 Å². The van der Waals surface area contributed by atoms with E-state index in [1.165, 1.54) is 17.8 Å². The van der Waals surface area contributed by atoms with Gasteiger partial charge in [0.25, 0.3) is 0 Å². The Hall–Kier alpha value is -1.92. The number of carbonyl (C=O) groups excluding carboxylic acids is 1. The summed E-state index contributed by atoms with van der Waals surface area (Å²) in [6.07, 6.45) is 5.73. The fraction of sp³-hybridized carbons (Fsp3) is 0.500. The van der Waals surface area contributed by atoms with Crippen LogP contribution in [0.2, 0.25) is 0 Å². The molecular weight excluding hydrogens is 348 g/mol. The standard InChI is InChI=1S/C20H26N2O3S/c23-15-20(9-5-2-6-10-20)14-21-18(24)11-16-13-26-19(22-16)12-25-17-7-3-1-4-8-17/h1,3-4,7-8,13,23H,2,5-6,9-12,14-15H2,(H,21,24). The van der Waals surface area contributed by atoms with Crippen LogP contribution in [0.3, 0.4) is 0 Å². The monoisotopic (exact) mass is 374 g/mol. The van der Waals surface area contributed by atoms with Gasteiger partial charge in [-0.1, -0.05) is 37.5 Å². The number of hydrogen-bond acceptors (Lipinski definition) is 5. The number of ether oxygens (including phenoxy) is 1. The Morgan fingerprint density at radius 3 is 2.73 bits per heavy atom. The van der Waals surface area contributed by atoms with E-state index in [2.05, 4.69) is 10.3 Å². The lowest BCUT2D eigenvalue weighted by atomic mass is 9.74. The normalized spacial score (nSPS) is 16.2. The Bertz CT molecular complexity index is 696. The van der Waals surface area contributed by atoms with Crippen molar-refractivity contribution in [2.24, 2.45) is 5.41 Å². The molecule has 1 amide bonds. The molecule has 0 aliphatic heterocycles. The fourth-order valence-corrected chi connectivity index (χ4v) is 4.07. The second-order valence-electron chi connectivity index (χ2n) is 7.01. The maximum absolute atomic E-state index is 12.2. The summed E-state index contributed by atoms with van der Waals surface area (Å²) in [5, 5.41) is 15.5. The first kappa shape index (κ1) is 18.9. The third kappa shape index (κ3) is 5.29. The number of para-hydroxylation sites is 1. The molecule has 1 fully saturated rings. The minimum Gasteiger partial charge on any atom is -0.486 e. The zero-order valence-corrected chi connectivity index (χ0v) is 15.8. The van der Waals surface area contributed by atoms with E-state index in [-0.39, 0.29) is 24.3 Å². The maximum Gasteiger partial charge on any atom is 0.226 e. The Balaban J connectivity index is 1.45. The molecule has 2 aromatic rings. The molecule has 2 N–H and O–H groups in total. The molecule has 1 aliphatic rings. The van der Waals surface area contributed by atoms with E-state index in [4.69, 9.17) is 4.74 Å². The highest BCUT2D eigenvalue weighted by Crippen LogP contribution is 2.35. The van der Waals surface area contributed by atoms with Crippen LogP contribution in [0.4, 0.5) is 0 Å². The van der Waals surface area contributed by atoms with Crippen LogP contribution in [0.25, 0.3) is 0 Å². The largest absolute Gasteiger partial charge is 0.486 e. The van der Waals surface area contributed by atoms with E-state index < -0.39 is 0 Å². The van der Waals surface area contributed by atoms with E-state index in [0.29, 0.717) is 13.2 Å². The quantitative estimate of drug-likeness (QED) is 0.743. The highest BCUT2D eigenvalue weighted by molar-refractivity contribution is 7.09. The molecule has 1 heterocycles. The van der Waals surface area contributed by atoms with Crippen LogP contribution < -0.4 is 10.1 Å². The average Bonchev–Trinajstić information content (AvgIpc) is 3.13. The number of rotatable bonds is 8. The lowest BCUT2D eigenvalue weighted by molar-refractivity contribution is -0.121. The van der Waals surface area contributed by atoms with E-state index in [9.17, 15) is 9.90 Å². The Morgan fingerprint density at radius 1 is 1.23 bits per heavy atom. The Kier molecular flexibility index (Phi) is 6.63. The first-order chi connectivity index (χ1) is 12.7. The van der Waals surface area contributed by atoms with Crippen LogP contribution >= 0.6 is 11.3 Å².